The molecule has 0 spiro atoms. The molecule has 1 N–H and O–H groups in total. The molecule has 0 aromatic heterocycles. The first-order valence-corrected chi connectivity index (χ1v) is 7.72. The second-order valence-electron chi connectivity index (χ2n) is 5.88. The minimum atomic E-state index is -0.273. The highest BCUT2D eigenvalue weighted by Gasteiger charge is 2.42. The minimum absolute atomic E-state index is 0.0694. The molecule has 1 aromatic rings. The average Bonchev–Trinajstić information content (AvgIpc) is 2.71. The van der Waals surface area contributed by atoms with Gasteiger partial charge in [-0.25, -0.2) is 4.39 Å². The van der Waals surface area contributed by atoms with Gasteiger partial charge in [0.15, 0.2) is 11.6 Å². The third kappa shape index (κ3) is 3.06. The molecule has 0 aliphatic carbocycles. The molecule has 1 aliphatic rings. The Hall–Kier alpha value is -1.13. The van der Waals surface area contributed by atoms with Gasteiger partial charge in [0.05, 0.1) is 19.3 Å². The molecule has 4 heteroatoms. The van der Waals surface area contributed by atoms with Gasteiger partial charge in [-0.2, -0.15) is 0 Å². The molecule has 1 aromatic carbocycles. The van der Waals surface area contributed by atoms with Gasteiger partial charge in [0.25, 0.3) is 0 Å². The summed E-state index contributed by atoms with van der Waals surface area (Å²) < 4.78 is 25.7. The molecule has 118 valence electrons. The van der Waals surface area contributed by atoms with Crippen LogP contribution in [0.5, 0.6) is 5.75 Å². The zero-order chi connectivity index (χ0) is 15.6. The van der Waals surface area contributed by atoms with Crippen LogP contribution in [-0.2, 0) is 4.74 Å². The van der Waals surface area contributed by atoms with Crippen LogP contribution in [0.4, 0.5) is 4.39 Å². The third-order valence-corrected chi connectivity index (χ3v) is 4.68. The molecule has 5 atom stereocenters. The maximum atomic E-state index is 14.6. The molecule has 0 bridgehead atoms. The van der Waals surface area contributed by atoms with Crippen LogP contribution in [0.3, 0.4) is 0 Å². The number of methoxy groups -OCH3 is 1. The van der Waals surface area contributed by atoms with Gasteiger partial charge in [0.1, 0.15) is 0 Å². The summed E-state index contributed by atoms with van der Waals surface area (Å²) in [5.74, 6) is 0.629. The largest absolute Gasteiger partial charge is 0.494 e. The summed E-state index contributed by atoms with van der Waals surface area (Å²) in [5, 5.41) is 3.44. The fraction of sp³-hybridized carbons (Fsp3) is 0.647. The molecular formula is C17H26FNO2. The van der Waals surface area contributed by atoms with Gasteiger partial charge in [-0.1, -0.05) is 26.0 Å². The van der Waals surface area contributed by atoms with E-state index in [0.717, 1.165) is 6.54 Å². The standard InChI is InChI=1S/C17H26FNO2/c1-6-19-17(15-10(2)11(3)21-12(15)4)13-8-7-9-14(20-5)16(13)18/h7-12,15,17,19H,6H2,1-5H3. The van der Waals surface area contributed by atoms with Crippen LogP contribution < -0.4 is 10.1 Å². The Bertz CT molecular complexity index is 480. The Balaban J connectivity index is 2.40. The number of hydrogen-bond donors (Lipinski definition) is 1. The molecule has 5 unspecified atom stereocenters. The van der Waals surface area contributed by atoms with Gasteiger partial charge < -0.3 is 14.8 Å². The van der Waals surface area contributed by atoms with Crippen LogP contribution in [0.2, 0.25) is 0 Å². The summed E-state index contributed by atoms with van der Waals surface area (Å²) in [5.41, 5.74) is 0.664. The van der Waals surface area contributed by atoms with Crippen molar-refractivity contribution in [1.29, 1.82) is 0 Å². The lowest BCUT2D eigenvalue weighted by Gasteiger charge is -2.30. The summed E-state index contributed by atoms with van der Waals surface area (Å²) in [6, 6.07) is 5.27. The molecular weight excluding hydrogens is 269 g/mol. The Morgan fingerprint density at radius 1 is 1.29 bits per heavy atom. The lowest BCUT2D eigenvalue weighted by molar-refractivity contribution is 0.0474. The quantitative estimate of drug-likeness (QED) is 0.901. The maximum absolute atomic E-state index is 14.6. The molecule has 0 amide bonds. The van der Waals surface area contributed by atoms with E-state index in [-0.39, 0.29) is 30.0 Å². The fourth-order valence-corrected chi connectivity index (χ4v) is 3.47. The van der Waals surface area contributed by atoms with E-state index in [1.165, 1.54) is 7.11 Å². The Morgan fingerprint density at radius 2 is 2.00 bits per heavy atom. The zero-order valence-corrected chi connectivity index (χ0v) is 13.5. The van der Waals surface area contributed by atoms with Gasteiger partial charge in [0, 0.05) is 17.5 Å². The van der Waals surface area contributed by atoms with Gasteiger partial charge in [-0.05, 0) is 32.4 Å². The molecule has 21 heavy (non-hydrogen) atoms. The summed E-state index contributed by atoms with van der Waals surface area (Å²) in [6.07, 6.45) is 0.296. The van der Waals surface area contributed by atoms with Gasteiger partial charge in [-0.3, -0.25) is 0 Å². The number of rotatable bonds is 5. The van der Waals surface area contributed by atoms with Crippen LogP contribution in [-0.4, -0.2) is 25.9 Å². The number of benzene rings is 1. The highest BCUT2D eigenvalue weighted by molar-refractivity contribution is 5.34. The summed E-state index contributed by atoms with van der Waals surface area (Å²) in [7, 11) is 1.50. The topological polar surface area (TPSA) is 30.5 Å². The first-order valence-electron chi connectivity index (χ1n) is 7.72. The first-order chi connectivity index (χ1) is 10.0. The number of halogens is 1. The van der Waals surface area contributed by atoms with Crippen molar-refractivity contribution in [2.45, 2.75) is 45.9 Å². The third-order valence-electron chi connectivity index (χ3n) is 4.68. The van der Waals surface area contributed by atoms with Crippen molar-refractivity contribution in [3.63, 3.8) is 0 Å². The van der Waals surface area contributed by atoms with Crippen LogP contribution in [0.15, 0.2) is 18.2 Å². The smallest absolute Gasteiger partial charge is 0.169 e. The second-order valence-corrected chi connectivity index (χ2v) is 5.88. The van der Waals surface area contributed by atoms with Crippen LogP contribution in [0, 0.1) is 17.7 Å². The van der Waals surface area contributed by atoms with E-state index in [9.17, 15) is 4.39 Å². The lowest BCUT2D eigenvalue weighted by Crippen LogP contribution is -2.35. The first kappa shape index (κ1) is 16.2. The second kappa shape index (κ2) is 6.75. The van der Waals surface area contributed by atoms with E-state index < -0.39 is 0 Å². The van der Waals surface area contributed by atoms with Gasteiger partial charge in [-0.15, -0.1) is 0 Å². The monoisotopic (exact) mass is 295 g/mol. The Morgan fingerprint density at radius 3 is 2.52 bits per heavy atom. The van der Waals surface area contributed by atoms with E-state index in [0.29, 0.717) is 17.2 Å². The highest BCUT2D eigenvalue weighted by atomic mass is 19.1. The molecule has 1 saturated heterocycles. The summed E-state index contributed by atoms with van der Waals surface area (Å²) in [4.78, 5) is 0. The van der Waals surface area contributed by atoms with Gasteiger partial charge >= 0.3 is 0 Å². The molecule has 1 heterocycles. The molecule has 0 radical (unpaired) electrons. The normalized spacial score (nSPS) is 30.4. The number of ether oxygens (including phenoxy) is 2. The van der Waals surface area contributed by atoms with Crippen LogP contribution >= 0.6 is 0 Å². The van der Waals surface area contributed by atoms with Gasteiger partial charge in [0.2, 0.25) is 0 Å². The van der Waals surface area contributed by atoms with Crippen molar-refractivity contribution < 1.29 is 13.9 Å². The molecule has 1 fully saturated rings. The van der Waals surface area contributed by atoms with Crippen LogP contribution in [0.1, 0.15) is 39.3 Å². The number of hydrogen-bond acceptors (Lipinski definition) is 3. The van der Waals surface area contributed by atoms with Crippen LogP contribution in [0.25, 0.3) is 0 Å². The molecule has 1 aliphatic heterocycles. The van der Waals surface area contributed by atoms with Crippen molar-refractivity contribution in [3.05, 3.63) is 29.6 Å². The molecule has 0 saturated carbocycles. The van der Waals surface area contributed by atoms with E-state index in [1.54, 1.807) is 6.07 Å². The molecule has 2 rings (SSSR count). The summed E-state index contributed by atoms with van der Waals surface area (Å²) >= 11 is 0. The highest BCUT2D eigenvalue weighted by Crippen LogP contribution is 2.42. The maximum Gasteiger partial charge on any atom is 0.169 e. The van der Waals surface area contributed by atoms with E-state index >= 15 is 0 Å². The lowest BCUT2D eigenvalue weighted by atomic mass is 9.80. The van der Waals surface area contributed by atoms with Crippen molar-refractivity contribution >= 4 is 0 Å². The summed E-state index contributed by atoms with van der Waals surface area (Å²) in [6.45, 7) is 9.17. The SMILES string of the molecule is CCNC(c1cccc(OC)c1F)C1C(C)OC(C)C1C. The zero-order valence-electron chi connectivity index (χ0n) is 13.5. The fourth-order valence-electron chi connectivity index (χ4n) is 3.47. The van der Waals surface area contributed by atoms with Crippen molar-refractivity contribution in [1.82, 2.24) is 5.32 Å². The van der Waals surface area contributed by atoms with E-state index in [1.807, 2.05) is 19.1 Å². The van der Waals surface area contributed by atoms with E-state index in [2.05, 4.69) is 26.1 Å². The van der Waals surface area contributed by atoms with E-state index in [4.69, 9.17) is 9.47 Å². The predicted octanol–water partition coefficient (Wildman–Crippen LogP) is 3.54. The molecule has 3 nitrogen and oxygen atoms in total. The van der Waals surface area contributed by atoms with Crippen molar-refractivity contribution in [2.24, 2.45) is 11.8 Å². The van der Waals surface area contributed by atoms with Crippen molar-refractivity contribution in [2.75, 3.05) is 13.7 Å². The average molecular weight is 295 g/mol. The number of nitrogens with one attached hydrogen (secondary N) is 1. The van der Waals surface area contributed by atoms with Crippen molar-refractivity contribution in [3.8, 4) is 5.75 Å². The Kier molecular flexibility index (Phi) is 5.22. The predicted molar refractivity (Wildman–Crippen MR) is 82.0 cm³/mol. The Labute approximate surface area is 126 Å². The minimum Gasteiger partial charge on any atom is -0.494 e.